The van der Waals surface area contributed by atoms with E-state index in [-0.39, 0.29) is 11.5 Å². The fourth-order valence-electron chi connectivity index (χ4n) is 3.39. The van der Waals surface area contributed by atoms with Crippen LogP contribution < -0.4 is 15.6 Å². The number of anilines is 2. The SMILES string of the molecule is O=C(NN1C(=S)N(c2ccccc2)C(=O)C[C@@H]1C(=O)Nc1ccc(F)cc1)c1ccccc1. The topological polar surface area (TPSA) is 81.8 Å². The number of para-hydroxylation sites is 1. The Morgan fingerprint density at radius 3 is 2.15 bits per heavy atom. The molecule has 3 amide bonds. The minimum Gasteiger partial charge on any atom is -0.324 e. The van der Waals surface area contributed by atoms with E-state index in [0.29, 0.717) is 16.9 Å². The molecule has 3 aromatic rings. The van der Waals surface area contributed by atoms with Crippen molar-refractivity contribution in [2.45, 2.75) is 12.5 Å². The number of nitrogens with zero attached hydrogens (tertiary/aromatic N) is 2. The van der Waals surface area contributed by atoms with Gasteiger partial charge in [0.15, 0.2) is 0 Å². The van der Waals surface area contributed by atoms with Crippen LogP contribution in [0.4, 0.5) is 15.8 Å². The molecule has 3 aromatic carbocycles. The Morgan fingerprint density at radius 2 is 1.52 bits per heavy atom. The molecule has 0 aliphatic carbocycles. The third-order valence-electron chi connectivity index (χ3n) is 5.01. The molecule has 0 bridgehead atoms. The number of hydrogen-bond acceptors (Lipinski definition) is 4. The summed E-state index contributed by atoms with van der Waals surface area (Å²) in [6.45, 7) is 0. The van der Waals surface area contributed by atoms with Gasteiger partial charge in [0.2, 0.25) is 16.9 Å². The first-order valence-electron chi connectivity index (χ1n) is 10.1. The lowest BCUT2D eigenvalue weighted by atomic mass is 10.1. The van der Waals surface area contributed by atoms with E-state index in [4.69, 9.17) is 12.2 Å². The van der Waals surface area contributed by atoms with Gasteiger partial charge < -0.3 is 5.32 Å². The van der Waals surface area contributed by atoms with Crippen LogP contribution in [0.25, 0.3) is 0 Å². The number of carbonyl (C=O) groups is 3. The van der Waals surface area contributed by atoms with E-state index in [1.807, 2.05) is 0 Å². The van der Waals surface area contributed by atoms with Crippen molar-refractivity contribution in [1.29, 1.82) is 0 Å². The predicted octanol–water partition coefficient (Wildman–Crippen LogP) is 3.50. The first-order chi connectivity index (χ1) is 15.9. The van der Waals surface area contributed by atoms with Gasteiger partial charge in [-0.15, -0.1) is 0 Å². The number of benzene rings is 3. The minimum absolute atomic E-state index is 0.0408. The van der Waals surface area contributed by atoms with Gasteiger partial charge in [0, 0.05) is 11.3 Å². The Hall–Kier alpha value is -4.11. The summed E-state index contributed by atoms with van der Waals surface area (Å²) in [4.78, 5) is 40.2. The molecule has 1 heterocycles. The molecule has 0 spiro atoms. The quantitative estimate of drug-likeness (QED) is 0.568. The van der Waals surface area contributed by atoms with Gasteiger partial charge in [-0.2, -0.15) is 0 Å². The molecular weight excluding hydrogens is 443 g/mol. The van der Waals surface area contributed by atoms with Crippen molar-refractivity contribution >= 4 is 46.4 Å². The van der Waals surface area contributed by atoms with Crippen molar-refractivity contribution in [2.24, 2.45) is 0 Å². The molecule has 1 saturated heterocycles. The van der Waals surface area contributed by atoms with E-state index in [0.717, 1.165) is 0 Å². The number of rotatable bonds is 5. The zero-order chi connectivity index (χ0) is 23.4. The monoisotopic (exact) mass is 462 g/mol. The largest absolute Gasteiger partial charge is 0.324 e. The van der Waals surface area contributed by atoms with E-state index >= 15 is 0 Å². The summed E-state index contributed by atoms with van der Waals surface area (Å²) in [6.07, 6.45) is -0.239. The van der Waals surface area contributed by atoms with Gasteiger partial charge in [-0.3, -0.25) is 24.7 Å². The number of hydrogen-bond donors (Lipinski definition) is 2. The van der Waals surface area contributed by atoms with Crippen LogP contribution in [0, 0.1) is 5.82 Å². The summed E-state index contributed by atoms with van der Waals surface area (Å²) >= 11 is 5.54. The summed E-state index contributed by atoms with van der Waals surface area (Å²) in [5, 5.41) is 3.83. The maximum atomic E-state index is 13.2. The van der Waals surface area contributed by atoms with Crippen LogP contribution in [-0.4, -0.2) is 33.9 Å². The third-order valence-corrected chi connectivity index (χ3v) is 5.39. The van der Waals surface area contributed by atoms with E-state index in [9.17, 15) is 18.8 Å². The molecule has 4 rings (SSSR count). The number of carbonyl (C=O) groups excluding carboxylic acids is 3. The number of nitrogens with one attached hydrogen (secondary N) is 2. The van der Waals surface area contributed by atoms with Crippen molar-refractivity contribution < 1.29 is 18.8 Å². The average molecular weight is 463 g/mol. The molecule has 166 valence electrons. The highest BCUT2D eigenvalue weighted by Gasteiger charge is 2.41. The lowest BCUT2D eigenvalue weighted by Crippen LogP contribution is -2.65. The third kappa shape index (κ3) is 4.88. The standard InChI is InChI=1S/C24H19FN4O3S/c25-17-11-13-18(14-12-17)26-23(32)20-15-21(30)28(19-9-5-2-6-10-19)24(33)29(20)27-22(31)16-7-3-1-4-8-16/h1-14,20H,15H2,(H,26,32)(H,27,31)/t20-/m1/s1. The molecule has 0 unspecified atom stereocenters. The Kier molecular flexibility index (Phi) is 6.41. The second kappa shape index (κ2) is 9.58. The normalized spacial score (nSPS) is 15.8. The average Bonchev–Trinajstić information content (AvgIpc) is 2.83. The number of hydrazine groups is 1. The molecular formula is C24H19FN4O3S. The minimum atomic E-state index is -1.11. The van der Waals surface area contributed by atoms with Gasteiger partial charge in [-0.05, 0) is 60.7 Å². The van der Waals surface area contributed by atoms with Gasteiger partial charge in [-0.1, -0.05) is 36.4 Å². The number of thiocarbonyl (C=S) groups is 1. The number of amides is 3. The molecule has 0 saturated carbocycles. The van der Waals surface area contributed by atoms with E-state index < -0.39 is 29.6 Å². The van der Waals surface area contributed by atoms with Gasteiger partial charge in [0.25, 0.3) is 5.91 Å². The highest BCUT2D eigenvalue weighted by molar-refractivity contribution is 7.80. The van der Waals surface area contributed by atoms with Crippen LogP contribution in [0.5, 0.6) is 0 Å². The zero-order valence-corrected chi connectivity index (χ0v) is 18.1. The molecule has 7 nitrogen and oxygen atoms in total. The van der Waals surface area contributed by atoms with Crippen molar-refractivity contribution in [3.8, 4) is 0 Å². The smallest absolute Gasteiger partial charge is 0.269 e. The first-order valence-corrected chi connectivity index (χ1v) is 10.5. The molecule has 0 aromatic heterocycles. The second-order valence-corrected chi connectivity index (χ2v) is 7.61. The summed E-state index contributed by atoms with van der Waals surface area (Å²) in [5.41, 5.74) is 3.90. The Bertz CT molecular complexity index is 1190. The number of halogens is 1. The van der Waals surface area contributed by atoms with Gasteiger partial charge >= 0.3 is 0 Å². The summed E-state index contributed by atoms with van der Waals surface area (Å²) in [7, 11) is 0. The maximum Gasteiger partial charge on any atom is 0.269 e. The molecule has 1 aliphatic heterocycles. The zero-order valence-electron chi connectivity index (χ0n) is 17.3. The summed E-state index contributed by atoms with van der Waals surface area (Å²) in [5.74, 6) is -1.90. The van der Waals surface area contributed by atoms with Crippen molar-refractivity contribution in [3.05, 3.63) is 96.3 Å². The van der Waals surface area contributed by atoms with Crippen LogP contribution in [0.2, 0.25) is 0 Å². The molecule has 1 fully saturated rings. The van der Waals surface area contributed by atoms with Crippen molar-refractivity contribution in [1.82, 2.24) is 10.4 Å². The van der Waals surface area contributed by atoms with Crippen LogP contribution in [0.1, 0.15) is 16.8 Å². The van der Waals surface area contributed by atoms with Crippen molar-refractivity contribution in [3.63, 3.8) is 0 Å². The van der Waals surface area contributed by atoms with Crippen molar-refractivity contribution in [2.75, 3.05) is 10.2 Å². The van der Waals surface area contributed by atoms with E-state index in [1.54, 1.807) is 60.7 Å². The van der Waals surface area contributed by atoms with Crippen LogP contribution in [-0.2, 0) is 9.59 Å². The lowest BCUT2D eigenvalue weighted by Gasteiger charge is -2.41. The Labute approximate surface area is 194 Å². The Balaban J connectivity index is 1.64. The van der Waals surface area contributed by atoms with Gasteiger partial charge in [0.05, 0.1) is 12.1 Å². The molecule has 9 heteroatoms. The summed E-state index contributed by atoms with van der Waals surface area (Å²) in [6, 6.07) is 21.3. The Morgan fingerprint density at radius 1 is 0.909 bits per heavy atom. The van der Waals surface area contributed by atoms with Crippen LogP contribution >= 0.6 is 12.2 Å². The highest BCUT2D eigenvalue weighted by atomic mass is 32.1. The summed E-state index contributed by atoms with van der Waals surface area (Å²) < 4.78 is 13.2. The van der Waals surface area contributed by atoms with Crippen LogP contribution in [0.15, 0.2) is 84.9 Å². The van der Waals surface area contributed by atoms with Crippen LogP contribution in [0.3, 0.4) is 0 Å². The predicted molar refractivity (Wildman–Crippen MR) is 126 cm³/mol. The highest BCUT2D eigenvalue weighted by Crippen LogP contribution is 2.24. The molecule has 0 radical (unpaired) electrons. The second-order valence-electron chi connectivity index (χ2n) is 7.24. The molecule has 1 aliphatic rings. The van der Waals surface area contributed by atoms with E-state index in [1.165, 1.54) is 34.2 Å². The fourth-order valence-corrected chi connectivity index (χ4v) is 3.77. The fraction of sp³-hybridized carbons (Fsp3) is 0.0833. The molecule has 33 heavy (non-hydrogen) atoms. The lowest BCUT2D eigenvalue weighted by molar-refractivity contribution is -0.127. The molecule has 2 N–H and O–H groups in total. The maximum absolute atomic E-state index is 13.2. The first kappa shape index (κ1) is 22.1. The van der Waals surface area contributed by atoms with E-state index in [2.05, 4.69) is 10.7 Å². The molecule has 1 atom stereocenters. The van der Waals surface area contributed by atoms with Gasteiger partial charge in [0.1, 0.15) is 11.9 Å². The van der Waals surface area contributed by atoms with Gasteiger partial charge in [-0.25, -0.2) is 9.40 Å².